The molecular weight excluding hydrogens is 434 g/mol. The van der Waals surface area contributed by atoms with E-state index in [0.29, 0.717) is 18.3 Å². The summed E-state index contributed by atoms with van der Waals surface area (Å²) in [5.74, 6) is 0.584. The zero-order valence-corrected chi connectivity index (χ0v) is 19.9. The number of hydrogen-bond donors (Lipinski definition) is 1. The Morgan fingerprint density at radius 1 is 1.18 bits per heavy atom. The molecule has 3 aromatic heterocycles. The summed E-state index contributed by atoms with van der Waals surface area (Å²) in [4.78, 5) is 29.8. The summed E-state index contributed by atoms with van der Waals surface area (Å²) in [6.45, 7) is 1.02. The molecule has 8 heteroatoms. The van der Waals surface area contributed by atoms with Gasteiger partial charge in [-0.1, -0.05) is 6.07 Å². The number of nitrogens with two attached hydrogens (primary N) is 1. The number of nitrogens with zero attached hydrogens (tertiary/aromatic N) is 4. The van der Waals surface area contributed by atoms with Gasteiger partial charge >= 0.3 is 0 Å². The summed E-state index contributed by atoms with van der Waals surface area (Å²) < 4.78 is 6.47. The van der Waals surface area contributed by atoms with Gasteiger partial charge in [-0.05, 0) is 69.2 Å². The summed E-state index contributed by atoms with van der Waals surface area (Å²) in [6, 6.07) is 6.68. The standard InChI is InChI=1S/C25H31N5O2S/c1-30(13-11-17-4-2-3-12-27-17)18-6-8-19(9-7-18)32-24-23-22-16(14-21(26)31)5-10-20(22)33-25(23)29-15-28-24/h2-4,12,15-16,18-19H,5-11,13-14H2,1H3,(H2,26,31)/t16-,18-,19-/m1/s1. The van der Waals surface area contributed by atoms with E-state index in [-0.39, 0.29) is 17.9 Å². The van der Waals surface area contributed by atoms with Crippen LogP contribution in [-0.4, -0.2) is 51.5 Å². The molecule has 5 rings (SSSR count). The predicted molar refractivity (Wildman–Crippen MR) is 130 cm³/mol. The Kier molecular flexibility index (Phi) is 6.55. The van der Waals surface area contributed by atoms with E-state index in [9.17, 15) is 4.79 Å². The fourth-order valence-electron chi connectivity index (χ4n) is 5.36. The molecule has 2 aliphatic rings. The molecule has 1 atom stereocenters. The van der Waals surface area contributed by atoms with Crippen molar-refractivity contribution in [3.8, 4) is 5.88 Å². The Balaban J connectivity index is 1.22. The number of likely N-dealkylation sites (N-methyl/N-ethyl adjacent to an activating group) is 1. The lowest BCUT2D eigenvalue weighted by atomic mass is 9.92. The lowest BCUT2D eigenvalue weighted by molar-refractivity contribution is -0.118. The zero-order valence-electron chi connectivity index (χ0n) is 19.1. The molecule has 0 aliphatic heterocycles. The summed E-state index contributed by atoms with van der Waals surface area (Å²) in [5, 5.41) is 1.01. The molecule has 7 nitrogen and oxygen atoms in total. The highest BCUT2D eigenvalue weighted by Crippen LogP contribution is 2.47. The highest BCUT2D eigenvalue weighted by atomic mass is 32.1. The molecule has 0 bridgehead atoms. The van der Waals surface area contributed by atoms with Gasteiger partial charge in [-0.3, -0.25) is 9.78 Å². The second-order valence-electron chi connectivity index (χ2n) is 9.30. The average molecular weight is 466 g/mol. The Morgan fingerprint density at radius 3 is 2.79 bits per heavy atom. The molecule has 1 saturated carbocycles. The van der Waals surface area contributed by atoms with Crippen LogP contribution in [0.2, 0.25) is 0 Å². The van der Waals surface area contributed by atoms with Gasteiger partial charge < -0.3 is 15.4 Å². The molecule has 33 heavy (non-hydrogen) atoms. The highest BCUT2D eigenvalue weighted by molar-refractivity contribution is 7.19. The molecule has 0 radical (unpaired) electrons. The third kappa shape index (κ3) is 4.87. The highest BCUT2D eigenvalue weighted by Gasteiger charge is 2.32. The van der Waals surface area contributed by atoms with Crippen LogP contribution in [0.15, 0.2) is 30.7 Å². The van der Waals surface area contributed by atoms with Crippen molar-refractivity contribution in [3.05, 3.63) is 46.9 Å². The van der Waals surface area contributed by atoms with Crippen molar-refractivity contribution < 1.29 is 9.53 Å². The smallest absolute Gasteiger partial charge is 0.225 e. The van der Waals surface area contributed by atoms with Gasteiger partial charge in [0.15, 0.2) is 0 Å². The number of primary amides is 1. The van der Waals surface area contributed by atoms with Crippen LogP contribution in [-0.2, 0) is 17.6 Å². The Hall–Kier alpha value is -2.58. The maximum absolute atomic E-state index is 11.6. The van der Waals surface area contributed by atoms with Crippen LogP contribution >= 0.6 is 11.3 Å². The number of fused-ring (bicyclic) bond motifs is 3. The summed E-state index contributed by atoms with van der Waals surface area (Å²) in [6.07, 6.45) is 11.2. The van der Waals surface area contributed by atoms with Crippen molar-refractivity contribution in [1.82, 2.24) is 19.9 Å². The van der Waals surface area contributed by atoms with Gasteiger partial charge in [0, 0.05) is 42.2 Å². The number of carbonyl (C=O) groups is 1. The second-order valence-corrected chi connectivity index (χ2v) is 10.4. The monoisotopic (exact) mass is 465 g/mol. The van der Waals surface area contributed by atoms with Crippen LogP contribution in [0.1, 0.15) is 60.6 Å². The van der Waals surface area contributed by atoms with Gasteiger partial charge in [-0.2, -0.15) is 0 Å². The topological polar surface area (TPSA) is 94.2 Å². The molecule has 0 spiro atoms. The van der Waals surface area contributed by atoms with E-state index in [0.717, 1.165) is 67.4 Å². The van der Waals surface area contributed by atoms with Crippen LogP contribution < -0.4 is 10.5 Å². The first-order valence-corrected chi connectivity index (χ1v) is 12.7. The number of pyridine rings is 1. The summed E-state index contributed by atoms with van der Waals surface area (Å²) >= 11 is 1.71. The van der Waals surface area contributed by atoms with E-state index in [1.165, 1.54) is 10.4 Å². The Labute approximate surface area is 198 Å². The lowest BCUT2D eigenvalue weighted by Crippen LogP contribution is -2.38. The van der Waals surface area contributed by atoms with Crippen molar-refractivity contribution in [2.24, 2.45) is 5.73 Å². The molecule has 1 fully saturated rings. The quantitative estimate of drug-likeness (QED) is 0.543. The normalized spacial score (nSPS) is 22.5. The summed E-state index contributed by atoms with van der Waals surface area (Å²) in [5.41, 5.74) is 7.86. The lowest BCUT2D eigenvalue weighted by Gasteiger charge is -2.34. The minimum atomic E-state index is -0.253. The van der Waals surface area contributed by atoms with E-state index in [1.54, 1.807) is 17.7 Å². The van der Waals surface area contributed by atoms with Crippen molar-refractivity contribution in [2.75, 3.05) is 13.6 Å². The molecule has 3 heterocycles. The first kappa shape index (κ1) is 22.2. The van der Waals surface area contributed by atoms with Crippen molar-refractivity contribution in [3.63, 3.8) is 0 Å². The molecule has 0 aromatic carbocycles. The van der Waals surface area contributed by atoms with Crippen LogP contribution in [0, 0.1) is 0 Å². The maximum atomic E-state index is 11.6. The van der Waals surface area contributed by atoms with Gasteiger partial charge in [-0.15, -0.1) is 11.3 Å². The maximum Gasteiger partial charge on any atom is 0.225 e. The van der Waals surface area contributed by atoms with E-state index >= 15 is 0 Å². The second kappa shape index (κ2) is 9.73. The van der Waals surface area contributed by atoms with Crippen molar-refractivity contribution in [2.45, 2.75) is 69.4 Å². The minimum Gasteiger partial charge on any atom is -0.474 e. The third-order valence-electron chi connectivity index (χ3n) is 7.14. The number of aromatic nitrogens is 3. The molecule has 2 N–H and O–H groups in total. The largest absolute Gasteiger partial charge is 0.474 e. The van der Waals surface area contributed by atoms with Crippen molar-refractivity contribution >= 4 is 27.5 Å². The fraction of sp³-hybridized carbons (Fsp3) is 0.520. The molecule has 1 amide bonds. The zero-order chi connectivity index (χ0) is 22.8. The number of amides is 1. The van der Waals surface area contributed by atoms with Gasteiger partial charge in [0.05, 0.1) is 5.39 Å². The van der Waals surface area contributed by atoms with Crippen molar-refractivity contribution in [1.29, 1.82) is 0 Å². The van der Waals surface area contributed by atoms with E-state index in [2.05, 4.69) is 33.0 Å². The number of rotatable bonds is 8. The van der Waals surface area contributed by atoms with Gasteiger partial charge in [0.25, 0.3) is 0 Å². The number of thiophene rings is 1. The number of hydrogen-bond acceptors (Lipinski definition) is 7. The van der Waals surface area contributed by atoms with Gasteiger partial charge in [0.2, 0.25) is 11.8 Å². The first-order chi connectivity index (χ1) is 16.1. The molecule has 0 unspecified atom stereocenters. The Morgan fingerprint density at radius 2 is 2.03 bits per heavy atom. The molecule has 2 aliphatic carbocycles. The number of carbonyl (C=O) groups excluding carboxylic acids is 1. The SMILES string of the molecule is CN(CCc1ccccn1)[C@H]1CC[C@H](Oc2ncnc3sc4c(c23)[C@@H](CC(N)=O)CC4)CC1. The van der Waals surface area contributed by atoms with Crippen LogP contribution in [0.25, 0.3) is 10.2 Å². The average Bonchev–Trinajstić information content (AvgIpc) is 3.38. The fourth-order valence-corrected chi connectivity index (χ4v) is 6.59. The molecule has 174 valence electrons. The number of aryl methyl sites for hydroxylation is 1. The van der Waals surface area contributed by atoms with Gasteiger partial charge in [-0.25, -0.2) is 9.97 Å². The summed E-state index contributed by atoms with van der Waals surface area (Å²) in [7, 11) is 2.22. The molecule has 0 saturated heterocycles. The van der Waals surface area contributed by atoms with Crippen LogP contribution in [0.3, 0.4) is 0 Å². The van der Waals surface area contributed by atoms with E-state index < -0.39 is 0 Å². The first-order valence-electron chi connectivity index (χ1n) is 11.9. The predicted octanol–water partition coefficient (Wildman–Crippen LogP) is 3.86. The Bertz CT molecular complexity index is 1110. The van der Waals surface area contributed by atoms with Crippen LogP contribution in [0.4, 0.5) is 0 Å². The number of ether oxygens (including phenoxy) is 1. The van der Waals surface area contributed by atoms with E-state index in [4.69, 9.17) is 10.5 Å². The minimum absolute atomic E-state index is 0.156. The molecule has 3 aromatic rings. The molecular formula is C25H31N5O2S. The third-order valence-corrected chi connectivity index (χ3v) is 8.31. The van der Waals surface area contributed by atoms with Crippen LogP contribution in [0.5, 0.6) is 5.88 Å². The van der Waals surface area contributed by atoms with E-state index in [1.807, 2.05) is 18.3 Å². The van der Waals surface area contributed by atoms with Gasteiger partial charge in [0.1, 0.15) is 17.3 Å².